The van der Waals surface area contributed by atoms with E-state index < -0.39 is 0 Å². The van der Waals surface area contributed by atoms with E-state index in [1.165, 1.54) is 16.7 Å². The SMILES string of the molecule is CCC(CC(CN)CO)c1cc(C)cc(C(C)(C)C)c1OC. The largest absolute Gasteiger partial charge is 0.496 e. The average molecular weight is 307 g/mol. The molecule has 2 atom stereocenters. The minimum absolute atomic E-state index is 0.0364. The molecule has 0 heterocycles. The van der Waals surface area contributed by atoms with Crippen molar-refractivity contribution in [1.82, 2.24) is 0 Å². The van der Waals surface area contributed by atoms with Gasteiger partial charge in [0.2, 0.25) is 0 Å². The van der Waals surface area contributed by atoms with Crippen LogP contribution in [-0.2, 0) is 5.41 Å². The van der Waals surface area contributed by atoms with E-state index in [-0.39, 0.29) is 17.9 Å². The Morgan fingerprint density at radius 3 is 2.32 bits per heavy atom. The van der Waals surface area contributed by atoms with E-state index in [0.717, 1.165) is 18.6 Å². The van der Waals surface area contributed by atoms with Gasteiger partial charge in [0.15, 0.2) is 0 Å². The fourth-order valence-corrected chi connectivity index (χ4v) is 3.05. The second kappa shape index (κ2) is 7.98. The minimum atomic E-state index is 0.0364. The first kappa shape index (κ1) is 19.0. The van der Waals surface area contributed by atoms with Crippen LogP contribution in [0.15, 0.2) is 12.1 Å². The molecule has 3 heteroatoms. The normalized spacial score (nSPS) is 14.7. The zero-order chi connectivity index (χ0) is 16.9. The second-order valence-corrected chi connectivity index (χ2v) is 7.31. The topological polar surface area (TPSA) is 55.5 Å². The van der Waals surface area contributed by atoms with Crippen molar-refractivity contribution in [3.63, 3.8) is 0 Å². The maximum absolute atomic E-state index is 9.47. The smallest absolute Gasteiger partial charge is 0.126 e. The van der Waals surface area contributed by atoms with Gasteiger partial charge < -0.3 is 15.6 Å². The van der Waals surface area contributed by atoms with Gasteiger partial charge in [-0.2, -0.15) is 0 Å². The Kier molecular flexibility index (Phi) is 6.89. The lowest BCUT2D eigenvalue weighted by atomic mass is 9.79. The zero-order valence-electron chi connectivity index (χ0n) is 15.1. The van der Waals surface area contributed by atoms with Gasteiger partial charge in [-0.1, -0.05) is 45.4 Å². The highest BCUT2D eigenvalue weighted by atomic mass is 16.5. The molecule has 0 fully saturated rings. The van der Waals surface area contributed by atoms with E-state index in [2.05, 4.69) is 46.8 Å². The highest BCUT2D eigenvalue weighted by Gasteiger charge is 2.26. The van der Waals surface area contributed by atoms with E-state index >= 15 is 0 Å². The van der Waals surface area contributed by atoms with Gasteiger partial charge in [0, 0.05) is 12.2 Å². The zero-order valence-corrected chi connectivity index (χ0v) is 15.1. The Bertz CT molecular complexity index is 473. The molecule has 0 bridgehead atoms. The molecule has 1 rings (SSSR count). The summed E-state index contributed by atoms with van der Waals surface area (Å²) in [5, 5.41) is 9.47. The Morgan fingerprint density at radius 1 is 1.27 bits per heavy atom. The van der Waals surface area contributed by atoms with Crippen LogP contribution >= 0.6 is 0 Å². The molecule has 3 nitrogen and oxygen atoms in total. The van der Waals surface area contributed by atoms with Crippen LogP contribution in [0.4, 0.5) is 0 Å². The first-order valence-corrected chi connectivity index (χ1v) is 8.28. The molecular weight excluding hydrogens is 274 g/mol. The number of hydrogen-bond donors (Lipinski definition) is 2. The van der Waals surface area contributed by atoms with E-state index in [0.29, 0.717) is 12.5 Å². The van der Waals surface area contributed by atoms with Crippen molar-refractivity contribution in [2.45, 2.75) is 58.8 Å². The van der Waals surface area contributed by atoms with Crippen molar-refractivity contribution in [2.24, 2.45) is 11.7 Å². The monoisotopic (exact) mass is 307 g/mol. The number of benzene rings is 1. The Hall–Kier alpha value is -1.06. The molecule has 126 valence electrons. The van der Waals surface area contributed by atoms with Gasteiger partial charge in [-0.3, -0.25) is 0 Å². The molecule has 22 heavy (non-hydrogen) atoms. The van der Waals surface area contributed by atoms with Crippen molar-refractivity contribution >= 4 is 0 Å². The summed E-state index contributed by atoms with van der Waals surface area (Å²) in [5.74, 6) is 1.50. The molecule has 0 saturated carbocycles. The van der Waals surface area contributed by atoms with Crippen molar-refractivity contribution in [1.29, 1.82) is 0 Å². The molecule has 0 aromatic heterocycles. The van der Waals surface area contributed by atoms with Gasteiger partial charge in [0.25, 0.3) is 0 Å². The van der Waals surface area contributed by atoms with E-state index in [1.54, 1.807) is 7.11 Å². The third kappa shape index (κ3) is 4.47. The van der Waals surface area contributed by atoms with E-state index in [1.807, 2.05) is 0 Å². The van der Waals surface area contributed by atoms with Gasteiger partial charge in [-0.05, 0) is 49.1 Å². The molecule has 2 unspecified atom stereocenters. The second-order valence-electron chi connectivity index (χ2n) is 7.31. The predicted octanol–water partition coefficient (Wildman–Crippen LogP) is 3.75. The highest BCUT2D eigenvalue weighted by molar-refractivity contribution is 5.49. The van der Waals surface area contributed by atoms with Crippen LogP contribution < -0.4 is 10.5 Å². The number of nitrogens with two attached hydrogens (primary N) is 1. The molecule has 0 radical (unpaired) electrons. The molecule has 1 aromatic rings. The molecule has 3 N–H and O–H groups in total. The molecule has 0 aliphatic rings. The number of methoxy groups -OCH3 is 1. The Labute approximate surface area is 135 Å². The van der Waals surface area contributed by atoms with Crippen molar-refractivity contribution < 1.29 is 9.84 Å². The number of aliphatic hydroxyl groups is 1. The standard InChI is InChI=1S/C19H33NO2/c1-7-15(10-14(11-20)12-21)16-8-13(2)9-17(18(16)22-6)19(3,4)5/h8-9,14-15,21H,7,10-12,20H2,1-6H3. The summed E-state index contributed by atoms with van der Waals surface area (Å²) in [6.07, 6.45) is 1.91. The lowest BCUT2D eigenvalue weighted by Crippen LogP contribution is -2.21. The van der Waals surface area contributed by atoms with Crippen LogP contribution in [0.3, 0.4) is 0 Å². The average Bonchev–Trinajstić information content (AvgIpc) is 2.47. The summed E-state index contributed by atoms with van der Waals surface area (Å²) in [6, 6.07) is 4.45. The summed E-state index contributed by atoms with van der Waals surface area (Å²) in [4.78, 5) is 0. The number of ether oxygens (including phenoxy) is 1. The van der Waals surface area contributed by atoms with Gasteiger partial charge in [0.05, 0.1) is 7.11 Å². The fourth-order valence-electron chi connectivity index (χ4n) is 3.05. The molecular formula is C19H33NO2. The number of aryl methyl sites for hydroxylation is 1. The number of rotatable bonds is 7. The van der Waals surface area contributed by atoms with Crippen LogP contribution in [0.5, 0.6) is 5.75 Å². The molecule has 1 aromatic carbocycles. The maximum atomic E-state index is 9.47. The van der Waals surface area contributed by atoms with Gasteiger partial charge in [-0.25, -0.2) is 0 Å². The Balaban J connectivity index is 3.34. The van der Waals surface area contributed by atoms with Crippen LogP contribution in [-0.4, -0.2) is 25.4 Å². The lowest BCUT2D eigenvalue weighted by Gasteiger charge is -2.28. The summed E-state index contributed by atoms with van der Waals surface area (Å²) in [7, 11) is 1.75. The predicted molar refractivity (Wildman–Crippen MR) is 93.7 cm³/mol. The molecule has 0 spiro atoms. The molecule has 0 amide bonds. The van der Waals surface area contributed by atoms with E-state index in [9.17, 15) is 5.11 Å². The van der Waals surface area contributed by atoms with Gasteiger partial charge in [0.1, 0.15) is 5.75 Å². The molecule has 0 aliphatic carbocycles. The summed E-state index contributed by atoms with van der Waals surface area (Å²) < 4.78 is 5.80. The van der Waals surface area contributed by atoms with Crippen LogP contribution in [0.2, 0.25) is 0 Å². The summed E-state index contributed by atoms with van der Waals surface area (Å²) >= 11 is 0. The molecule has 0 aliphatic heterocycles. The van der Waals surface area contributed by atoms with Crippen molar-refractivity contribution in [2.75, 3.05) is 20.3 Å². The van der Waals surface area contributed by atoms with E-state index in [4.69, 9.17) is 10.5 Å². The Morgan fingerprint density at radius 2 is 1.91 bits per heavy atom. The summed E-state index contributed by atoms with van der Waals surface area (Å²) in [5.41, 5.74) is 9.56. The molecule has 0 saturated heterocycles. The lowest BCUT2D eigenvalue weighted by molar-refractivity contribution is 0.214. The van der Waals surface area contributed by atoms with Crippen LogP contribution in [0, 0.1) is 12.8 Å². The van der Waals surface area contributed by atoms with Crippen LogP contribution in [0.1, 0.15) is 63.1 Å². The van der Waals surface area contributed by atoms with Crippen molar-refractivity contribution in [3.05, 3.63) is 28.8 Å². The highest BCUT2D eigenvalue weighted by Crippen LogP contribution is 2.41. The maximum Gasteiger partial charge on any atom is 0.126 e. The third-order valence-electron chi connectivity index (χ3n) is 4.42. The minimum Gasteiger partial charge on any atom is -0.496 e. The summed E-state index contributed by atoms with van der Waals surface area (Å²) in [6.45, 7) is 11.6. The quantitative estimate of drug-likeness (QED) is 0.806. The van der Waals surface area contributed by atoms with Gasteiger partial charge >= 0.3 is 0 Å². The van der Waals surface area contributed by atoms with Crippen molar-refractivity contribution in [3.8, 4) is 5.75 Å². The first-order valence-electron chi connectivity index (χ1n) is 8.28. The third-order valence-corrected chi connectivity index (χ3v) is 4.42. The van der Waals surface area contributed by atoms with Gasteiger partial charge in [-0.15, -0.1) is 0 Å². The van der Waals surface area contributed by atoms with Crippen LogP contribution in [0.25, 0.3) is 0 Å². The number of aliphatic hydroxyl groups excluding tert-OH is 1. The first-order chi connectivity index (χ1) is 10.3. The number of hydrogen-bond acceptors (Lipinski definition) is 3. The fraction of sp³-hybridized carbons (Fsp3) is 0.684.